The van der Waals surface area contributed by atoms with Crippen LogP contribution in [-0.4, -0.2) is 22.8 Å². The van der Waals surface area contributed by atoms with Gasteiger partial charge in [-0.3, -0.25) is 0 Å². The number of rotatable bonds is 6. The summed E-state index contributed by atoms with van der Waals surface area (Å²) in [6, 6.07) is 0. The molecule has 0 aromatic carbocycles. The SMILES string of the molecule is CCOCCCn1cncc1CCl. The number of imidazole rings is 1. The third-order valence-corrected chi connectivity index (χ3v) is 2.10. The van der Waals surface area contributed by atoms with Gasteiger partial charge in [0.05, 0.1) is 17.9 Å². The van der Waals surface area contributed by atoms with E-state index in [2.05, 4.69) is 9.55 Å². The molecule has 0 atom stereocenters. The molecule has 0 aliphatic heterocycles. The van der Waals surface area contributed by atoms with Crippen LogP contribution >= 0.6 is 11.6 Å². The van der Waals surface area contributed by atoms with E-state index in [0.29, 0.717) is 5.88 Å². The van der Waals surface area contributed by atoms with Crippen LogP contribution in [0.2, 0.25) is 0 Å². The highest BCUT2D eigenvalue weighted by Gasteiger charge is 1.98. The van der Waals surface area contributed by atoms with Gasteiger partial charge in [0.1, 0.15) is 0 Å². The fourth-order valence-electron chi connectivity index (χ4n) is 1.14. The van der Waals surface area contributed by atoms with E-state index in [-0.39, 0.29) is 0 Å². The van der Waals surface area contributed by atoms with Crippen LogP contribution in [0, 0.1) is 0 Å². The molecule has 0 aliphatic carbocycles. The quantitative estimate of drug-likeness (QED) is 0.522. The minimum Gasteiger partial charge on any atom is -0.382 e. The Hall–Kier alpha value is -0.540. The van der Waals surface area contributed by atoms with Crippen molar-refractivity contribution in [1.29, 1.82) is 0 Å². The highest BCUT2D eigenvalue weighted by atomic mass is 35.5. The maximum Gasteiger partial charge on any atom is 0.0948 e. The molecule has 1 rings (SSSR count). The van der Waals surface area contributed by atoms with Crippen LogP contribution in [0.1, 0.15) is 19.0 Å². The predicted octanol–water partition coefficient (Wildman–Crippen LogP) is 2.05. The number of aromatic nitrogens is 2. The summed E-state index contributed by atoms with van der Waals surface area (Å²) < 4.78 is 7.30. The van der Waals surface area contributed by atoms with Crippen LogP contribution in [0.3, 0.4) is 0 Å². The smallest absolute Gasteiger partial charge is 0.0948 e. The minimum absolute atomic E-state index is 0.522. The van der Waals surface area contributed by atoms with Gasteiger partial charge in [-0.2, -0.15) is 0 Å². The Morgan fingerprint density at radius 2 is 2.46 bits per heavy atom. The number of hydrogen-bond acceptors (Lipinski definition) is 2. The normalized spacial score (nSPS) is 10.6. The molecule has 0 N–H and O–H groups in total. The third kappa shape index (κ3) is 3.36. The van der Waals surface area contributed by atoms with E-state index in [1.165, 1.54) is 0 Å². The first-order valence-corrected chi connectivity index (χ1v) is 5.04. The standard InChI is InChI=1S/C9H15ClN2O/c1-2-13-5-3-4-12-8-11-7-9(12)6-10/h7-8H,2-6H2,1H3. The van der Waals surface area contributed by atoms with Gasteiger partial charge >= 0.3 is 0 Å². The molecule has 1 aromatic heterocycles. The molecule has 0 bridgehead atoms. The Morgan fingerprint density at radius 1 is 1.62 bits per heavy atom. The maximum atomic E-state index is 5.72. The van der Waals surface area contributed by atoms with Gasteiger partial charge in [-0.05, 0) is 13.3 Å². The molecule has 1 heterocycles. The van der Waals surface area contributed by atoms with Gasteiger partial charge in [0.15, 0.2) is 0 Å². The van der Waals surface area contributed by atoms with Gasteiger partial charge in [0, 0.05) is 26.0 Å². The van der Waals surface area contributed by atoms with E-state index in [0.717, 1.165) is 31.9 Å². The van der Waals surface area contributed by atoms with Gasteiger partial charge in [0.25, 0.3) is 0 Å². The second kappa shape index (κ2) is 6.00. The van der Waals surface area contributed by atoms with Gasteiger partial charge in [-0.25, -0.2) is 4.98 Å². The van der Waals surface area contributed by atoms with Crippen molar-refractivity contribution in [2.45, 2.75) is 25.8 Å². The molecular formula is C9H15ClN2O. The van der Waals surface area contributed by atoms with Crippen molar-refractivity contribution in [2.24, 2.45) is 0 Å². The van der Waals surface area contributed by atoms with Crippen LogP contribution in [0.5, 0.6) is 0 Å². The lowest BCUT2D eigenvalue weighted by Crippen LogP contribution is -2.04. The summed E-state index contributed by atoms with van der Waals surface area (Å²) in [5.74, 6) is 0.522. The fraction of sp³-hybridized carbons (Fsp3) is 0.667. The lowest BCUT2D eigenvalue weighted by atomic mass is 10.4. The Balaban J connectivity index is 2.27. The van der Waals surface area contributed by atoms with E-state index in [4.69, 9.17) is 16.3 Å². The first-order valence-electron chi connectivity index (χ1n) is 4.51. The maximum absolute atomic E-state index is 5.72. The van der Waals surface area contributed by atoms with Crippen molar-refractivity contribution in [3.05, 3.63) is 18.2 Å². The number of ether oxygens (including phenoxy) is 1. The highest BCUT2D eigenvalue weighted by molar-refractivity contribution is 6.16. The zero-order valence-corrected chi connectivity index (χ0v) is 8.63. The summed E-state index contributed by atoms with van der Waals surface area (Å²) in [5.41, 5.74) is 1.07. The molecule has 0 radical (unpaired) electrons. The van der Waals surface area contributed by atoms with Crippen molar-refractivity contribution < 1.29 is 4.74 Å². The monoisotopic (exact) mass is 202 g/mol. The van der Waals surface area contributed by atoms with Gasteiger partial charge in [0.2, 0.25) is 0 Å². The summed E-state index contributed by atoms with van der Waals surface area (Å²) in [4.78, 5) is 4.03. The Bertz CT molecular complexity index is 237. The molecule has 74 valence electrons. The summed E-state index contributed by atoms with van der Waals surface area (Å²) >= 11 is 5.72. The molecule has 1 aromatic rings. The molecule has 3 nitrogen and oxygen atoms in total. The van der Waals surface area contributed by atoms with Crippen LogP contribution in [0.15, 0.2) is 12.5 Å². The summed E-state index contributed by atoms with van der Waals surface area (Å²) in [7, 11) is 0. The first kappa shape index (κ1) is 10.5. The third-order valence-electron chi connectivity index (χ3n) is 1.83. The predicted molar refractivity (Wildman–Crippen MR) is 52.9 cm³/mol. The van der Waals surface area contributed by atoms with Gasteiger partial charge in [-0.15, -0.1) is 11.6 Å². The molecule has 13 heavy (non-hydrogen) atoms. The fourth-order valence-corrected chi connectivity index (χ4v) is 1.36. The van der Waals surface area contributed by atoms with Gasteiger partial charge in [-0.1, -0.05) is 0 Å². The number of alkyl halides is 1. The highest BCUT2D eigenvalue weighted by Crippen LogP contribution is 2.03. The largest absolute Gasteiger partial charge is 0.382 e. The molecule has 4 heteroatoms. The van der Waals surface area contributed by atoms with Crippen molar-refractivity contribution in [3.63, 3.8) is 0 Å². The number of hydrogen-bond donors (Lipinski definition) is 0. The number of nitrogens with zero attached hydrogens (tertiary/aromatic N) is 2. The van der Waals surface area contributed by atoms with Crippen LogP contribution in [0.4, 0.5) is 0 Å². The Kier molecular flexibility index (Phi) is 4.86. The van der Waals surface area contributed by atoms with Crippen LogP contribution in [0.25, 0.3) is 0 Å². The van der Waals surface area contributed by atoms with Crippen LogP contribution in [-0.2, 0) is 17.2 Å². The molecule has 0 spiro atoms. The summed E-state index contributed by atoms with van der Waals surface area (Å²) in [5, 5.41) is 0. The zero-order valence-electron chi connectivity index (χ0n) is 7.87. The van der Waals surface area contributed by atoms with E-state index in [1.54, 1.807) is 6.20 Å². The van der Waals surface area contributed by atoms with Gasteiger partial charge < -0.3 is 9.30 Å². The second-order valence-electron chi connectivity index (χ2n) is 2.76. The minimum atomic E-state index is 0.522. The lowest BCUT2D eigenvalue weighted by Gasteiger charge is -2.05. The molecule has 0 amide bonds. The number of aryl methyl sites for hydroxylation is 1. The molecule has 0 fully saturated rings. The second-order valence-corrected chi connectivity index (χ2v) is 3.03. The van der Waals surface area contributed by atoms with Crippen molar-refractivity contribution >= 4 is 11.6 Å². The molecular weight excluding hydrogens is 188 g/mol. The first-order chi connectivity index (χ1) is 6.38. The Labute approximate surface area is 83.7 Å². The topological polar surface area (TPSA) is 27.1 Å². The lowest BCUT2D eigenvalue weighted by molar-refractivity contribution is 0.141. The van der Waals surface area contributed by atoms with Crippen molar-refractivity contribution in [3.8, 4) is 0 Å². The van der Waals surface area contributed by atoms with E-state index in [9.17, 15) is 0 Å². The zero-order chi connectivity index (χ0) is 9.52. The molecule has 0 saturated heterocycles. The van der Waals surface area contributed by atoms with Crippen molar-refractivity contribution in [1.82, 2.24) is 9.55 Å². The van der Waals surface area contributed by atoms with E-state index < -0.39 is 0 Å². The summed E-state index contributed by atoms with van der Waals surface area (Å²) in [6.45, 7) is 4.52. The average molecular weight is 203 g/mol. The van der Waals surface area contributed by atoms with Crippen molar-refractivity contribution in [2.75, 3.05) is 13.2 Å². The van der Waals surface area contributed by atoms with E-state index >= 15 is 0 Å². The van der Waals surface area contributed by atoms with Crippen LogP contribution < -0.4 is 0 Å². The number of halogens is 1. The van der Waals surface area contributed by atoms with E-state index in [1.807, 2.05) is 13.3 Å². The average Bonchev–Trinajstić information content (AvgIpc) is 2.60. The summed E-state index contributed by atoms with van der Waals surface area (Å²) in [6.07, 6.45) is 4.62. The Morgan fingerprint density at radius 3 is 3.15 bits per heavy atom. The molecule has 0 saturated carbocycles. The molecule has 0 aliphatic rings. The molecule has 0 unspecified atom stereocenters.